The van der Waals surface area contributed by atoms with E-state index >= 15 is 0 Å². The molecule has 6 rings (SSSR count). The van der Waals surface area contributed by atoms with Gasteiger partial charge in [-0.15, -0.1) is 0 Å². The molecule has 3 fully saturated rings. The minimum absolute atomic E-state index is 0.0878. The summed E-state index contributed by atoms with van der Waals surface area (Å²) in [6.07, 6.45) is 1.12. The standard InChI is InChI=1S/C17H19NO4/c1-18-5-4-17-10-7-2-3-9(19)13(10)22-16(17)12(20)15-14(21-15)11(17)8(18)6-7/h2-3,8,11-12,14-16,19-20H,4-6H2,1H3/t8-,11-,12+,14?,15?,16+,17-/m1/s1. The Morgan fingerprint density at radius 3 is 3.05 bits per heavy atom. The van der Waals surface area contributed by atoms with Crippen LogP contribution in [0.15, 0.2) is 12.1 Å². The molecule has 1 aromatic carbocycles. The van der Waals surface area contributed by atoms with Crippen molar-refractivity contribution in [3.05, 3.63) is 23.3 Å². The number of nitrogens with zero attached hydrogens (tertiary/aromatic N) is 1. The van der Waals surface area contributed by atoms with Gasteiger partial charge < -0.3 is 24.6 Å². The van der Waals surface area contributed by atoms with E-state index in [-0.39, 0.29) is 29.5 Å². The van der Waals surface area contributed by atoms with Crippen molar-refractivity contribution in [2.45, 2.75) is 48.7 Å². The molecule has 0 aromatic heterocycles. The number of ether oxygens (including phenoxy) is 2. The fourth-order valence-electron chi connectivity index (χ4n) is 5.99. The van der Waals surface area contributed by atoms with Crippen LogP contribution in [0.1, 0.15) is 17.5 Å². The van der Waals surface area contributed by atoms with Gasteiger partial charge in [-0.25, -0.2) is 0 Å². The zero-order valence-corrected chi connectivity index (χ0v) is 12.4. The summed E-state index contributed by atoms with van der Waals surface area (Å²) in [6.45, 7) is 1.000. The highest BCUT2D eigenvalue weighted by atomic mass is 16.6. The van der Waals surface area contributed by atoms with E-state index in [0.717, 1.165) is 19.4 Å². The second-order valence-electron chi connectivity index (χ2n) is 7.61. The summed E-state index contributed by atoms with van der Waals surface area (Å²) in [6, 6.07) is 4.21. The first-order valence-corrected chi connectivity index (χ1v) is 8.18. The molecule has 5 heteroatoms. The minimum atomic E-state index is -0.594. The molecule has 116 valence electrons. The number of likely N-dealkylation sites (N-methyl/N-ethyl adjacent to an activating group) is 1. The molecule has 3 heterocycles. The Kier molecular flexibility index (Phi) is 1.91. The van der Waals surface area contributed by atoms with Crippen molar-refractivity contribution in [3.63, 3.8) is 0 Å². The van der Waals surface area contributed by atoms with Crippen molar-refractivity contribution >= 4 is 0 Å². The third-order valence-electron chi connectivity index (χ3n) is 6.89. The van der Waals surface area contributed by atoms with Crippen molar-refractivity contribution in [3.8, 4) is 11.5 Å². The Balaban J connectivity index is 1.68. The van der Waals surface area contributed by atoms with Crippen molar-refractivity contribution in [1.82, 2.24) is 4.90 Å². The van der Waals surface area contributed by atoms with Gasteiger partial charge in [0.05, 0.1) is 6.10 Å². The van der Waals surface area contributed by atoms with Gasteiger partial charge in [-0.3, -0.25) is 0 Å². The molecular formula is C17H19NO4. The molecule has 3 aliphatic heterocycles. The highest BCUT2D eigenvalue weighted by Crippen LogP contribution is 2.66. The van der Waals surface area contributed by atoms with Crippen LogP contribution in [0, 0.1) is 5.92 Å². The zero-order valence-electron chi connectivity index (χ0n) is 12.4. The summed E-state index contributed by atoms with van der Waals surface area (Å²) in [7, 11) is 2.19. The topological polar surface area (TPSA) is 65.5 Å². The second-order valence-corrected chi connectivity index (χ2v) is 7.61. The molecule has 1 aromatic rings. The van der Waals surface area contributed by atoms with Gasteiger partial charge in [0.2, 0.25) is 0 Å². The Hall–Kier alpha value is -1.30. The van der Waals surface area contributed by atoms with Gasteiger partial charge in [-0.05, 0) is 38.1 Å². The maximum atomic E-state index is 10.7. The average molecular weight is 301 g/mol. The average Bonchev–Trinajstić information content (AvgIpc) is 3.22. The second kappa shape index (κ2) is 3.45. The van der Waals surface area contributed by atoms with E-state index in [1.165, 1.54) is 11.1 Å². The maximum Gasteiger partial charge on any atom is 0.165 e. The summed E-state index contributed by atoms with van der Waals surface area (Å²) in [5.74, 6) is 1.19. The number of hydrogen-bond acceptors (Lipinski definition) is 5. The van der Waals surface area contributed by atoms with Crippen LogP contribution < -0.4 is 4.74 Å². The van der Waals surface area contributed by atoms with Crippen LogP contribution in [0.3, 0.4) is 0 Å². The van der Waals surface area contributed by atoms with E-state index < -0.39 is 6.10 Å². The molecule has 7 atom stereocenters. The number of fused-ring (bicyclic) bond motifs is 1. The number of phenolic OH excluding ortho intramolecular Hbond substituents is 1. The normalized spacial score (nSPS) is 50.1. The maximum absolute atomic E-state index is 10.7. The number of epoxide rings is 1. The first kappa shape index (κ1) is 12.2. The van der Waals surface area contributed by atoms with E-state index in [2.05, 4.69) is 11.9 Å². The minimum Gasteiger partial charge on any atom is -0.504 e. The number of piperidine rings is 1. The molecule has 2 aliphatic carbocycles. The number of rotatable bonds is 0. The summed E-state index contributed by atoms with van der Waals surface area (Å²) in [4.78, 5) is 2.44. The number of phenols is 1. The smallest absolute Gasteiger partial charge is 0.165 e. The van der Waals surface area contributed by atoms with Crippen molar-refractivity contribution in [2.24, 2.45) is 5.92 Å². The monoisotopic (exact) mass is 301 g/mol. The molecule has 22 heavy (non-hydrogen) atoms. The first-order valence-electron chi connectivity index (χ1n) is 8.18. The lowest BCUT2D eigenvalue weighted by molar-refractivity contribution is -0.0837. The molecule has 0 radical (unpaired) electrons. The van der Waals surface area contributed by atoms with E-state index in [1.807, 2.05) is 6.07 Å². The lowest BCUT2D eigenvalue weighted by Crippen LogP contribution is -2.68. The van der Waals surface area contributed by atoms with E-state index in [9.17, 15) is 10.2 Å². The quantitative estimate of drug-likeness (QED) is 0.680. The fraction of sp³-hybridized carbons (Fsp3) is 0.647. The van der Waals surface area contributed by atoms with Gasteiger partial charge in [0, 0.05) is 22.9 Å². The SMILES string of the molecule is CN1CC[C@]23c4c5ccc(O)c4O[C@H]2[C@@H](O)C2OC2[C@H]3[C@H]1C5. The van der Waals surface area contributed by atoms with Gasteiger partial charge in [-0.2, -0.15) is 0 Å². The first-order chi connectivity index (χ1) is 10.6. The predicted octanol–water partition coefficient (Wildman–Crippen LogP) is 0.409. The van der Waals surface area contributed by atoms with E-state index in [1.54, 1.807) is 6.07 Å². The van der Waals surface area contributed by atoms with Crippen LogP contribution in [0.2, 0.25) is 0 Å². The van der Waals surface area contributed by atoms with E-state index in [0.29, 0.717) is 17.7 Å². The summed E-state index contributed by atoms with van der Waals surface area (Å²) >= 11 is 0. The largest absolute Gasteiger partial charge is 0.504 e. The molecule has 2 N–H and O–H groups in total. The lowest BCUT2D eigenvalue weighted by atomic mass is 9.51. The Morgan fingerprint density at radius 2 is 2.18 bits per heavy atom. The van der Waals surface area contributed by atoms with Crippen molar-refractivity contribution in [2.75, 3.05) is 13.6 Å². The molecule has 2 saturated heterocycles. The third kappa shape index (κ3) is 1.08. The number of aliphatic hydroxyl groups is 1. The molecule has 0 amide bonds. The zero-order chi connectivity index (χ0) is 14.8. The Bertz CT molecular complexity index is 706. The van der Waals surface area contributed by atoms with Gasteiger partial charge in [0.1, 0.15) is 18.3 Å². The highest BCUT2D eigenvalue weighted by Gasteiger charge is 2.75. The molecule has 5 aliphatic rings. The lowest BCUT2D eigenvalue weighted by Gasteiger charge is -2.57. The van der Waals surface area contributed by atoms with Crippen LogP contribution in [-0.4, -0.2) is 59.2 Å². The van der Waals surface area contributed by atoms with Gasteiger partial charge in [0.15, 0.2) is 11.5 Å². The number of benzene rings is 1. The summed E-state index contributed by atoms with van der Waals surface area (Å²) in [5, 5.41) is 21.0. The van der Waals surface area contributed by atoms with E-state index in [4.69, 9.17) is 9.47 Å². The molecular weight excluding hydrogens is 282 g/mol. The van der Waals surface area contributed by atoms with Crippen molar-refractivity contribution < 1.29 is 19.7 Å². The number of hydrogen-bond donors (Lipinski definition) is 2. The van der Waals surface area contributed by atoms with Crippen molar-refractivity contribution in [1.29, 1.82) is 0 Å². The van der Waals surface area contributed by atoms with Crippen LogP contribution in [0.5, 0.6) is 11.5 Å². The van der Waals surface area contributed by atoms with Gasteiger partial charge in [0.25, 0.3) is 0 Å². The molecule has 5 nitrogen and oxygen atoms in total. The number of aliphatic hydroxyl groups excluding tert-OH is 1. The Morgan fingerprint density at radius 1 is 1.32 bits per heavy atom. The Labute approximate surface area is 128 Å². The summed E-state index contributed by atoms with van der Waals surface area (Å²) in [5.41, 5.74) is 2.25. The van der Waals surface area contributed by atoms with Crippen LogP contribution in [0.25, 0.3) is 0 Å². The molecule has 2 bridgehead atoms. The van der Waals surface area contributed by atoms with Crippen LogP contribution in [0.4, 0.5) is 0 Å². The molecule has 2 unspecified atom stereocenters. The summed E-state index contributed by atoms with van der Waals surface area (Å²) < 4.78 is 12.0. The highest BCUT2D eigenvalue weighted by molar-refractivity contribution is 5.61. The fourth-order valence-corrected chi connectivity index (χ4v) is 5.99. The molecule has 1 saturated carbocycles. The molecule has 1 spiro atoms. The van der Waals surface area contributed by atoms with Gasteiger partial charge in [-0.1, -0.05) is 6.07 Å². The third-order valence-corrected chi connectivity index (χ3v) is 6.89. The predicted molar refractivity (Wildman–Crippen MR) is 77.1 cm³/mol. The number of likely N-dealkylation sites (tertiary alicyclic amines) is 1. The van der Waals surface area contributed by atoms with Crippen LogP contribution >= 0.6 is 0 Å². The van der Waals surface area contributed by atoms with Gasteiger partial charge >= 0.3 is 0 Å². The van der Waals surface area contributed by atoms with Crippen LogP contribution in [-0.2, 0) is 16.6 Å². The number of aromatic hydroxyl groups is 1.